The molecule has 0 aliphatic carbocycles. The minimum atomic E-state index is -4.88. The molecule has 2 heterocycles. The van der Waals surface area contributed by atoms with Gasteiger partial charge in [0.15, 0.2) is 0 Å². The average Bonchev–Trinajstić information content (AvgIpc) is 2.58. The Hall–Kier alpha value is -1.51. The molecule has 2 rings (SSSR count). The lowest BCUT2D eigenvalue weighted by atomic mass is 10.3. The molecule has 0 aliphatic heterocycles. The molecule has 26 heavy (non-hydrogen) atoms. The van der Waals surface area contributed by atoms with Crippen LogP contribution in [0.4, 0.5) is 13.2 Å². The summed E-state index contributed by atoms with van der Waals surface area (Å²) >= 11 is 1.51. The molecular weight excluding hydrogens is 410 g/mol. The molecule has 1 amide bonds. The fourth-order valence-corrected chi connectivity index (χ4v) is 2.82. The first-order chi connectivity index (χ1) is 11.5. The summed E-state index contributed by atoms with van der Waals surface area (Å²) < 4.78 is 38.3. The maximum atomic E-state index is 12.8. The average molecular weight is 428 g/mol. The van der Waals surface area contributed by atoms with Crippen molar-refractivity contribution in [3.63, 3.8) is 0 Å². The molecule has 2 aromatic heterocycles. The highest BCUT2D eigenvalue weighted by Crippen LogP contribution is 2.21. The zero-order valence-electron chi connectivity index (χ0n) is 13.6. The summed E-state index contributed by atoms with van der Waals surface area (Å²) in [7, 11) is 0. The molecule has 4 nitrogen and oxygen atoms in total. The Morgan fingerprint density at radius 2 is 1.77 bits per heavy atom. The predicted octanol–water partition coefficient (Wildman–Crippen LogP) is 4.39. The highest BCUT2D eigenvalue weighted by molar-refractivity contribution is 7.99. The van der Waals surface area contributed by atoms with Crippen molar-refractivity contribution in [3.05, 3.63) is 54.6 Å². The summed E-state index contributed by atoms with van der Waals surface area (Å²) in [5, 5.41) is 0. The largest absolute Gasteiger partial charge is 0.471 e. The monoisotopic (exact) mass is 427 g/mol. The summed E-state index contributed by atoms with van der Waals surface area (Å²) in [6.45, 7) is -0.133. The van der Waals surface area contributed by atoms with E-state index in [0.29, 0.717) is 17.9 Å². The molecule has 0 bridgehead atoms. The van der Waals surface area contributed by atoms with Crippen LogP contribution in [0, 0.1) is 0 Å². The van der Waals surface area contributed by atoms with Crippen molar-refractivity contribution in [2.45, 2.75) is 24.0 Å². The third kappa shape index (κ3) is 8.25. The van der Waals surface area contributed by atoms with Gasteiger partial charge in [0.25, 0.3) is 0 Å². The van der Waals surface area contributed by atoms with Gasteiger partial charge in [-0.2, -0.15) is 13.2 Å². The molecule has 0 radical (unpaired) electrons. The van der Waals surface area contributed by atoms with Gasteiger partial charge in [-0.05, 0) is 36.4 Å². The molecule has 0 spiro atoms. The number of amides is 1. The second kappa shape index (κ2) is 12.0. The highest BCUT2D eigenvalue weighted by atomic mass is 35.5. The van der Waals surface area contributed by atoms with E-state index in [0.717, 1.165) is 9.80 Å². The van der Waals surface area contributed by atoms with E-state index in [-0.39, 0.29) is 37.9 Å². The number of hydrogen-bond acceptors (Lipinski definition) is 4. The standard InChI is InChI=1S/C16H16F3N3OS.2ClH/c17-16(18,19)15(23)22(12-13-4-1-2-7-21-13)10-3-11-24-14-5-8-20-9-6-14;;/h1-2,4-9H,3,10-12H2;2*1H. The Kier molecular flexibility index (Phi) is 11.3. The second-order valence-corrected chi connectivity index (χ2v) is 6.10. The van der Waals surface area contributed by atoms with Crippen LogP contribution < -0.4 is 0 Å². The lowest BCUT2D eigenvalue weighted by molar-refractivity contribution is -0.186. The van der Waals surface area contributed by atoms with Crippen LogP contribution in [0.3, 0.4) is 0 Å². The molecule has 10 heteroatoms. The minimum Gasteiger partial charge on any atom is -0.329 e. The van der Waals surface area contributed by atoms with Gasteiger partial charge in [-0.1, -0.05) is 6.07 Å². The third-order valence-electron chi connectivity index (χ3n) is 3.10. The zero-order valence-corrected chi connectivity index (χ0v) is 16.0. The highest BCUT2D eigenvalue weighted by Gasteiger charge is 2.42. The Balaban J connectivity index is 0.00000312. The summed E-state index contributed by atoms with van der Waals surface area (Å²) in [5.74, 6) is -1.23. The Labute approximate surface area is 166 Å². The number of carbonyl (C=O) groups excluding carboxylic acids is 1. The van der Waals surface area contributed by atoms with Gasteiger partial charge in [0, 0.05) is 30.0 Å². The molecule has 0 fully saturated rings. The number of halogens is 5. The first kappa shape index (κ1) is 24.5. The number of aromatic nitrogens is 2. The number of thioether (sulfide) groups is 1. The van der Waals surface area contributed by atoms with Gasteiger partial charge >= 0.3 is 12.1 Å². The van der Waals surface area contributed by atoms with Crippen LogP contribution in [0.1, 0.15) is 12.1 Å². The number of alkyl halides is 3. The summed E-state index contributed by atoms with van der Waals surface area (Å²) in [5.41, 5.74) is 0.428. The van der Waals surface area contributed by atoms with Crippen LogP contribution in [0.15, 0.2) is 53.8 Å². The topological polar surface area (TPSA) is 46.1 Å². The molecule has 0 N–H and O–H groups in total. The lowest BCUT2D eigenvalue weighted by Gasteiger charge is -2.23. The van der Waals surface area contributed by atoms with Crippen molar-refractivity contribution in [3.8, 4) is 0 Å². The zero-order chi connectivity index (χ0) is 17.4. The molecular formula is C16H18Cl2F3N3OS. The maximum Gasteiger partial charge on any atom is 0.471 e. The van der Waals surface area contributed by atoms with E-state index >= 15 is 0 Å². The Morgan fingerprint density at radius 1 is 1.08 bits per heavy atom. The van der Waals surface area contributed by atoms with Gasteiger partial charge in [0.2, 0.25) is 0 Å². The van der Waals surface area contributed by atoms with Crippen molar-refractivity contribution in [2.24, 2.45) is 0 Å². The normalized spacial score (nSPS) is 10.4. The summed E-state index contributed by atoms with van der Waals surface area (Å²) in [6.07, 6.45) is 0.366. The van der Waals surface area contributed by atoms with E-state index in [2.05, 4.69) is 9.97 Å². The minimum absolute atomic E-state index is 0. The van der Waals surface area contributed by atoms with Crippen molar-refractivity contribution in [1.82, 2.24) is 14.9 Å². The summed E-state index contributed by atoms with van der Waals surface area (Å²) in [6, 6.07) is 8.61. The van der Waals surface area contributed by atoms with Gasteiger partial charge in [0.05, 0.1) is 12.2 Å². The van der Waals surface area contributed by atoms with E-state index in [1.165, 1.54) is 18.0 Å². The molecule has 0 unspecified atom stereocenters. The van der Waals surface area contributed by atoms with E-state index in [1.54, 1.807) is 30.6 Å². The number of pyridine rings is 2. The van der Waals surface area contributed by atoms with Gasteiger partial charge in [0.1, 0.15) is 0 Å². The SMILES string of the molecule is Cl.Cl.O=C(N(CCCSc1ccncc1)Cc1ccccn1)C(F)(F)F. The van der Waals surface area contributed by atoms with Gasteiger partial charge in [-0.25, -0.2) is 0 Å². The van der Waals surface area contributed by atoms with E-state index in [1.807, 2.05) is 12.1 Å². The van der Waals surface area contributed by atoms with Crippen molar-refractivity contribution in [1.29, 1.82) is 0 Å². The Bertz CT molecular complexity index is 648. The molecule has 0 saturated carbocycles. The van der Waals surface area contributed by atoms with Crippen LogP contribution in [-0.2, 0) is 11.3 Å². The third-order valence-corrected chi connectivity index (χ3v) is 4.20. The smallest absolute Gasteiger partial charge is 0.329 e. The van der Waals surface area contributed by atoms with Crippen molar-refractivity contribution < 1.29 is 18.0 Å². The van der Waals surface area contributed by atoms with Crippen molar-refractivity contribution in [2.75, 3.05) is 12.3 Å². The first-order valence-electron chi connectivity index (χ1n) is 7.25. The van der Waals surface area contributed by atoms with E-state index in [4.69, 9.17) is 0 Å². The molecule has 0 saturated heterocycles. The maximum absolute atomic E-state index is 12.8. The van der Waals surface area contributed by atoms with E-state index in [9.17, 15) is 18.0 Å². The Morgan fingerprint density at radius 3 is 2.35 bits per heavy atom. The number of hydrogen-bond donors (Lipinski definition) is 0. The van der Waals surface area contributed by atoms with Gasteiger partial charge < -0.3 is 4.90 Å². The predicted molar refractivity (Wildman–Crippen MR) is 99.8 cm³/mol. The molecule has 2 aromatic rings. The van der Waals surface area contributed by atoms with E-state index < -0.39 is 12.1 Å². The molecule has 0 aromatic carbocycles. The van der Waals surface area contributed by atoms with Crippen LogP contribution in [0.2, 0.25) is 0 Å². The number of rotatable bonds is 7. The lowest BCUT2D eigenvalue weighted by Crippen LogP contribution is -2.41. The molecule has 144 valence electrons. The van der Waals surface area contributed by atoms with Crippen LogP contribution in [0.25, 0.3) is 0 Å². The van der Waals surface area contributed by atoms with Crippen LogP contribution in [-0.4, -0.2) is 39.2 Å². The quantitative estimate of drug-likeness (QED) is 0.485. The first-order valence-corrected chi connectivity index (χ1v) is 8.24. The fraction of sp³-hybridized carbons (Fsp3) is 0.312. The van der Waals surface area contributed by atoms with Crippen molar-refractivity contribution >= 4 is 42.5 Å². The van der Waals surface area contributed by atoms with Gasteiger partial charge in [-0.15, -0.1) is 36.6 Å². The second-order valence-electron chi connectivity index (χ2n) is 4.93. The fourth-order valence-electron chi connectivity index (χ4n) is 2.00. The van der Waals surface area contributed by atoms with Gasteiger partial charge in [-0.3, -0.25) is 14.8 Å². The number of nitrogens with zero attached hydrogens (tertiary/aromatic N) is 3. The molecule has 0 atom stereocenters. The molecule has 0 aliphatic rings. The summed E-state index contributed by atoms with van der Waals surface area (Å²) in [4.78, 5) is 21.3. The van der Waals surface area contributed by atoms with Crippen LogP contribution >= 0.6 is 36.6 Å². The number of carbonyl (C=O) groups is 1. The van der Waals surface area contributed by atoms with Crippen LogP contribution in [0.5, 0.6) is 0 Å².